The Morgan fingerprint density at radius 3 is 2.56 bits per heavy atom. The Morgan fingerprint density at radius 1 is 1.36 bits per heavy atom. The zero-order valence-electron chi connectivity index (χ0n) is 13.7. The van der Waals surface area contributed by atoms with Gasteiger partial charge in [0.1, 0.15) is 5.82 Å². The lowest BCUT2D eigenvalue weighted by Gasteiger charge is -2.30. The van der Waals surface area contributed by atoms with Gasteiger partial charge in [0.05, 0.1) is 17.7 Å². The second-order valence-corrected chi connectivity index (χ2v) is 5.98. The number of carbonyl (C=O) groups is 3. The third-order valence-corrected chi connectivity index (χ3v) is 4.44. The van der Waals surface area contributed by atoms with E-state index in [0.717, 1.165) is 13.2 Å². The fourth-order valence-corrected chi connectivity index (χ4v) is 2.84. The zero-order chi connectivity index (χ0) is 18.6. The average Bonchev–Trinajstić information content (AvgIpc) is 2.63. The Labute approximate surface area is 149 Å². The van der Waals surface area contributed by atoms with Crippen molar-refractivity contribution in [1.29, 1.82) is 0 Å². The summed E-state index contributed by atoms with van der Waals surface area (Å²) >= 11 is 5.75. The minimum absolute atomic E-state index is 0.122. The van der Waals surface area contributed by atoms with Gasteiger partial charge in [0.25, 0.3) is 0 Å². The van der Waals surface area contributed by atoms with Gasteiger partial charge in [-0.05, 0) is 31.1 Å². The number of nitrogens with zero attached hydrogens (tertiary/aromatic N) is 1. The highest BCUT2D eigenvalue weighted by Gasteiger charge is 2.27. The molecule has 0 atom stereocenters. The van der Waals surface area contributed by atoms with Gasteiger partial charge in [-0.2, -0.15) is 0 Å². The average molecular weight is 369 g/mol. The lowest BCUT2D eigenvalue weighted by atomic mass is 9.95. The quantitative estimate of drug-likeness (QED) is 0.654. The van der Waals surface area contributed by atoms with E-state index < -0.39 is 11.8 Å². The van der Waals surface area contributed by atoms with Crippen LogP contribution in [0.3, 0.4) is 0 Å². The van der Waals surface area contributed by atoms with Crippen molar-refractivity contribution in [1.82, 2.24) is 4.90 Å². The summed E-state index contributed by atoms with van der Waals surface area (Å²) in [6.07, 6.45) is 2.22. The molecule has 25 heavy (non-hydrogen) atoms. The molecule has 0 saturated carbocycles. The van der Waals surface area contributed by atoms with Crippen molar-refractivity contribution in [2.45, 2.75) is 12.8 Å². The number of nitrogens with one attached hydrogen (secondary N) is 1. The normalized spacial score (nSPS) is 14.8. The summed E-state index contributed by atoms with van der Waals surface area (Å²) in [5.41, 5.74) is -0.0391. The van der Waals surface area contributed by atoms with Crippen LogP contribution in [0.15, 0.2) is 24.8 Å². The Hall–Kier alpha value is -2.41. The first-order valence-electron chi connectivity index (χ1n) is 7.67. The number of piperidine rings is 1. The van der Waals surface area contributed by atoms with Crippen molar-refractivity contribution in [2.24, 2.45) is 5.92 Å². The van der Waals surface area contributed by atoms with Crippen molar-refractivity contribution in [2.75, 3.05) is 25.5 Å². The molecule has 1 aromatic carbocycles. The standard InChI is InChI=1S/C17H18ClFN2O4/c1-3-14(22)21-6-4-10(5-7-21)16(23)20-11-8-12(17(24)25-2)15(18)13(19)9-11/h3,8-10H,1,4-7H2,2H3,(H,20,23). The summed E-state index contributed by atoms with van der Waals surface area (Å²) < 4.78 is 18.4. The predicted molar refractivity (Wildman–Crippen MR) is 90.9 cm³/mol. The number of carbonyl (C=O) groups excluding carboxylic acids is 3. The van der Waals surface area contributed by atoms with Gasteiger partial charge in [-0.15, -0.1) is 0 Å². The predicted octanol–water partition coefficient (Wildman–Crippen LogP) is 2.63. The minimum Gasteiger partial charge on any atom is -0.465 e. The summed E-state index contributed by atoms with van der Waals surface area (Å²) in [4.78, 5) is 37.1. The molecular weight excluding hydrogens is 351 g/mol. The highest BCUT2D eigenvalue weighted by atomic mass is 35.5. The smallest absolute Gasteiger partial charge is 0.339 e. The molecule has 0 radical (unpaired) electrons. The van der Waals surface area contributed by atoms with Gasteiger partial charge < -0.3 is 15.0 Å². The molecule has 6 nitrogen and oxygen atoms in total. The third-order valence-electron chi connectivity index (χ3n) is 4.05. The van der Waals surface area contributed by atoms with Gasteiger partial charge >= 0.3 is 5.97 Å². The van der Waals surface area contributed by atoms with E-state index in [1.54, 1.807) is 4.90 Å². The molecule has 1 aromatic rings. The van der Waals surface area contributed by atoms with E-state index in [9.17, 15) is 18.8 Å². The molecule has 1 saturated heterocycles. The fourth-order valence-electron chi connectivity index (χ4n) is 2.66. The molecule has 1 aliphatic heterocycles. The van der Waals surface area contributed by atoms with E-state index in [-0.39, 0.29) is 34.0 Å². The maximum absolute atomic E-state index is 13.9. The largest absolute Gasteiger partial charge is 0.465 e. The molecule has 0 aliphatic carbocycles. The number of anilines is 1. The van der Waals surface area contributed by atoms with Crippen molar-refractivity contribution >= 4 is 35.1 Å². The SMILES string of the molecule is C=CC(=O)N1CCC(C(=O)Nc2cc(F)c(Cl)c(C(=O)OC)c2)CC1. The number of benzene rings is 1. The number of rotatable bonds is 4. The second kappa shape index (κ2) is 8.11. The van der Waals surface area contributed by atoms with Gasteiger partial charge in [-0.25, -0.2) is 9.18 Å². The number of likely N-dealkylation sites (tertiary alicyclic amines) is 1. The number of halogens is 2. The topological polar surface area (TPSA) is 75.7 Å². The van der Waals surface area contributed by atoms with Crippen LogP contribution >= 0.6 is 11.6 Å². The number of hydrogen-bond acceptors (Lipinski definition) is 4. The fraction of sp³-hybridized carbons (Fsp3) is 0.353. The zero-order valence-corrected chi connectivity index (χ0v) is 14.4. The van der Waals surface area contributed by atoms with Gasteiger partial charge in [-0.1, -0.05) is 18.2 Å². The maximum Gasteiger partial charge on any atom is 0.339 e. The number of ether oxygens (including phenoxy) is 1. The van der Waals surface area contributed by atoms with Gasteiger partial charge in [0.15, 0.2) is 0 Å². The van der Waals surface area contributed by atoms with Crippen LogP contribution in [0.2, 0.25) is 5.02 Å². The summed E-state index contributed by atoms with van der Waals surface area (Å²) in [5.74, 6) is -2.40. The Kier molecular flexibility index (Phi) is 6.14. The van der Waals surface area contributed by atoms with E-state index in [4.69, 9.17) is 11.6 Å². The molecule has 0 bridgehead atoms. The van der Waals surface area contributed by atoms with E-state index >= 15 is 0 Å². The summed E-state index contributed by atoms with van der Waals surface area (Å²) in [6, 6.07) is 2.31. The lowest BCUT2D eigenvalue weighted by Crippen LogP contribution is -2.40. The van der Waals surface area contributed by atoms with Gasteiger partial charge in [0.2, 0.25) is 11.8 Å². The molecule has 2 amide bonds. The van der Waals surface area contributed by atoms with Crippen LogP contribution in [-0.2, 0) is 14.3 Å². The van der Waals surface area contributed by atoms with Crippen LogP contribution in [0.25, 0.3) is 0 Å². The highest BCUT2D eigenvalue weighted by Crippen LogP contribution is 2.26. The van der Waals surface area contributed by atoms with Crippen molar-refractivity contribution < 1.29 is 23.5 Å². The van der Waals surface area contributed by atoms with Gasteiger partial charge in [0, 0.05) is 24.7 Å². The lowest BCUT2D eigenvalue weighted by molar-refractivity contribution is -0.130. The summed E-state index contributed by atoms with van der Waals surface area (Å²) in [7, 11) is 1.15. The second-order valence-electron chi connectivity index (χ2n) is 5.60. The monoisotopic (exact) mass is 368 g/mol. The van der Waals surface area contributed by atoms with Crippen molar-refractivity contribution in [3.63, 3.8) is 0 Å². The number of hydrogen-bond donors (Lipinski definition) is 1. The van der Waals surface area contributed by atoms with E-state index in [1.807, 2.05) is 0 Å². The van der Waals surface area contributed by atoms with Crippen LogP contribution in [-0.4, -0.2) is 42.9 Å². The molecule has 0 unspecified atom stereocenters. The number of amides is 2. The Morgan fingerprint density at radius 2 is 2.00 bits per heavy atom. The maximum atomic E-state index is 13.9. The summed E-state index contributed by atoms with van der Waals surface area (Å²) in [6.45, 7) is 4.34. The molecular formula is C17H18ClFN2O4. The summed E-state index contributed by atoms with van der Waals surface area (Å²) in [5, 5.41) is 2.23. The minimum atomic E-state index is -0.828. The van der Waals surface area contributed by atoms with E-state index in [2.05, 4.69) is 16.6 Å². The molecule has 2 rings (SSSR count). The third kappa shape index (κ3) is 4.36. The first-order valence-corrected chi connectivity index (χ1v) is 8.04. The molecule has 1 N–H and O–H groups in total. The first-order chi connectivity index (χ1) is 11.9. The highest BCUT2D eigenvalue weighted by molar-refractivity contribution is 6.33. The molecule has 134 valence electrons. The molecule has 0 aromatic heterocycles. The Balaban J connectivity index is 2.06. The van der Waals surface area contributed by atoms with Gasteiger partial charge in [-0.3, -0.25) is 9.59 Å². The van der Waals surface area contributed by atoms with Crippen molar-refractivity contribution in [3.05, 3.63) is 41.2 Å². The molecule has 1 fully saturated rings. The van der Waals surface area contributed by atoms with Crippen LogP contribution in [0.1, 0.15) is 23.2 Å². The van der Waals surface area contributed by atoms with Crippen LogP contribution in [0.5, 0.6) is 0 Å². The number of methoxy groups -OCH3 is 1. The van der Waals surface area contributed by atoms with E-state index in [1.165, 1.54) is 12.1 Å². The van der Waals surface area contributed by atoms with Crippen molar-refractivity contribution in [3.8, 4) is 0 Å². The molecule has 8 heteroatoms. The van der Waals surface area contributed by atoms with Crippen LogP contribution in [0, 0.1) is 11.7 Å². The molecule has 1 heterocycles. The first kappa shape index (κ1) is 18.9. The van der Waals surface area contributed by atoms with Crippen LogP contribution in [0.4, 0.5) is 10.1 Å². The molecule has 1 aliphatic rings. The number of esters is 1. The van der Waals surface area contributed by atoms with E-state index in [0.29, 0.717) is 25.9 Å². The molecule has 0 spiro atoms. The Bertz CT molecular complexity index is 715. The van der Waals surface area contributed by atoms with Crippen LogP contribution < -0.4 is 5.32 Å².